The second-order valence-electron chi connectivity index (χ2n) is 4.05. The van der Waals surface area contributed by atoms with Gasteiger partial charge in [0.1, 0.15) is 0 Å². The SMILES string of the molecule is CSC(C(=O)N(SC)SC)n1cc(Br)c(C(C)C)n1. The minimum absolute atomic E-state index is 0.0396. The van der Waals surface area contributed by atoms with Crippen LogP contribution in [-0.2, 0) is 4.79 Å². The van der Waals surface area contributed by atoms with Crippen LogP contribution in [0.5, 0.6) is 0 Å². The largest absolute Gasteiger partial charge is 0.277 e. The number of rotatable bonds is 6. The van der Waals surface area contributed by atoms with E-state index >= 15 is 0 Å². The lowest BCUT2D eigenvalue weighted by atomic mass is 10.1. The molecule has 0 aliphatic carbocycles. The molecule has 0 aromatic carbocycles. The molecular formula is C11H18BrN3OS3. The standard InChI is InChI=1S/C11H18BrN3OS3/c1-7(2)9-8(12)6-14(13-9)11(17-3)10(16)15(18-4)19-5/h6-7,11H,1-5H3. The van der Waals surface area contributed by atoms with Crippen LogP contribution in [0.25, 0.3) is 0 Å². The first kappa shape index (κ1) is 17.3. The van der Waals surface area contributed by atoms with Gasteiger partial charge in [-0.2, -0.15) is 5.10 Å². The fourth-order valence-corrected chi connectivity index (χ4v) is 4.23. The van der Waals surface area contributed by atoms with Crippen molar-refractivity contribution in [3.05, 3.63) is 16.4 Å². The number of carbonyl (C=O) groups excluding carboxylic acids is 1. The van der Waals surface area contributed by atoms with Gasteiger partial charge in [-0.05, 0) is 52.0 Å². The molecule has 1 rings (SSSR count). The summed E-state index contributed by atoms with van der Waals surface area (Å²) in [5, 5.41) is 4.21. The zero-order valence-corrected chi connectivity index (χ0v) is 15.6. The van der Waals surface area contributed by atoms with Gasteiger partial charge in [0.05, 0.1) is 10.2 Å². The highest BCUT2D eigenvalue weighted by molar-refractivity contribution is 9.10. The highest BCUT2D eigenvalue weighted by Crippen LogP contribution is 2.31. The van der Waals surface area contributed by atoms with Gasteiger partial charge in [-0.1, -0.05) is 13.8 Å². The summed E-state index contributed by atoms with van der Waals surface area (Å²) >= 11 is 7.82. The number of thioether (sulfide) groups is 1. The minimum atomic E-state index is -0.330. The van der Waals surface area contributed by atoms with E-state index in [1.54, 1.807) is 8.39 Å². The van der Waals surface area contributed by atoms with Crippen LogP contribution < -0.4 is 0 Å². The van der Waals surface area contributed by atoms with E-state index in [4.69, 9.17) is 0 Å². The highest BCUT2D eigenvalue weighted by atomic mass is 79.9. The molecule has 0 radical (unpaired) electrons. The quantitative estimate of drug-likeness (QED) is 0.693. The molecule has 0 spiro atoms. The lowest BCUT2D eigenvalue weighted by molar-refractivity contribution is -0.123. The minimum Gasteiger partial charge on any atom is -0.269 e. The number of nitrogens with zero attached hydrogens (tertiary/aromatic N) is 3. The Kier molecular flexibility index (Phi) is 7.13. The van der Waals surface area contributed by atoms with Crippen molar-refractivity contribution in [1.82, 2.24) is 13.5 Å². The monoisotopic (exact) mass is 383 g/mol. The summed E-state index contributed by atoms with van der Waals surface area (Å²) in [6.07, 6.45) is 7.59. The Labute approximate surface area is 135 Å². The molecule has 0 fully saturated rings. The summed E-state index contributed by atoms with van der Waals surface area (Å²) in [5.74, 6) is 0.364. The number of hydrogen-bond donors (Lipinski definition) is 0. The molecule has 1 aromatic heterocycles. The summed E-state index contributed by atoms with van der Waals surface area (Å²) in [5.41, 5.74) is 0.978. The second-order valence-corrected chi connectivity index (χ2v) is 7.51. The van der Waals surface area contributed by atoms with Gasteiger partial charge < -0.3 is 0 Å². The summed E-state index contributed by atoms with van der Waals surface area (Å²) in [7, 11) is 0. The third-order valence-corrected chi connectivity index (χ3v) is 5.84. The first-order valence-corrected chi connectivity index (χ1v) is 10.1. The van der Waals surface area contributed by atoms with Gasteiger partial charge >= 0.3 is 0 Å². The number of amides is 1. The van der Waals surface area contributed by atoms with Crippen LogP contribution in [-0.4, -0.2) is 38.2 Å². The van der Waals surface area contributed by atoms with E-state index in [-0.39, 0.29) is 11.3 Å². The smallest absolute Gasteiger partial charge is 0.269 e. The normalized spacial score (nSPS) is 12.8. The topological polar surface area (TPSA) is 38.1 Å². The zero-order valence-electron chi connectivity index (χ0n) is 11.6. The van der Waals surface area contributed by atoms with Crippen molar-refractivity contribution in [3.8, 4) is 0 Å². The lowest BCUT2D eigenvalue weighted by Gasteiger charge is -2.21. The van der Waals surface area contributed by atoms with Crippen molar-refractivity contribution in [2.24, 2.45) is 0 Å². The Morgan fingerprint density at radius 2 is 1.95 bits per heavy atom. The summed E-state index contributed by atoms with van der Waals surface area (Å²) < 4.78 is 4.37. The van der Waals surface area contributed by atoms with E-state index in [0.717, 1.165) is 10.2 Å². The van der Waals surface area contributed by atoms with E-state index in [2.05, 4.69) is 34.9 Å². The van der Waals surface area contributed by atoms with Gasteiger partial charge in [-0.25, -0.2) is 8.39 Å². The predicted octanol–water partition coefficient (Wildman–Crippen LogP) is 4.02. The Morgan fingerprint density at radius 1 is 1.37 bits per heavy atom. The van der Waals surface area contributed by atoms with E-state index in [0.29, 0.717) is 5.92 Å². The van der Waals surface area contributed by atoms with Crippen LogP contribution in [0.15, 0.2) is 10.7 Å². The van der Waals surface area contributed by atoms with E-state index in [1.807, 2.05) is 25.0 Å². The highest BCUT2D eigenvalue weighted by Gasteiger charge is 2.27. The molecular weight excluding hydrogens is 366 g/mol. The number of hydrogen-bond acceptors (Lipinski definition) is 5. The molecule has 0 bridgehead atoms. The van der Waals surface area contributed by atoms with Crippen LogP contribution in [0, 0.1) is 0 Å². The van der Waals surface area contributed by atoms with Crippen molar-refractivity contribution >= 4 is 57.5 Å². The average molecular weight is 384 g/mol. The fourth-order valence-electron chi connectivity index (χ4n) is 1.56. The number of halogens is 1. The number of aromatic nitrogens is 2. The van der Waals surface area contributed by atoms with Crippen molar-refractivity contribution in [3.63, 3.8) is 0 Å². The summed E-state index contributed by atoms with van der Waals surface area (Å²) in [6, 6.07) is 0. The maximum absolute atomic E-state index is 12.4. The van der Waals surface area contributed by atoms with Crippen LogP contribution >= 0.6 is 51.6 Å². The molecule has 108 valence electrons. The second kappa shape index (κ2) is 7.85. The molecule has 1 amide bonds. The van der Waals surface area contributed by atoms with Gasteiger partial charge in [-0.15, -0.1) is 11.8 Å². The first-order chi connectivity index (χ1) is 8.96. The maximum Gasteiger partial charge on any atom is 0.277 e. The molecule has 0 saturated carbocycles. The Bertz CT molecular complexity index is 435. The Balaban J connectivity index is 3.03. The summed E-state index contributed by atoms with van der Waals surface area (Å²) in [4.78, 5) is 12.4. The van der Waals surface area contributed by atoms with Crippen molar-refractivity contribution in [1.29, 1.82) is 0 Å². The Hall–Kier alpha value is 0.210. The van der Waals surface area contributed by atoms with Gasteiger partial charge in [0, 0.05) is 18.7 Å². The van der Waals surface area contributed by atoms with Crippen LogP contribution in [0.3, 0.4) is 0 Å². The molecule has 4 nitrogen and oxygen atoms in total. The van der Waals surface area contributed by atoms with Crippen molar-refractivity contribution in [2.45, 2.75) is 25.1 Å². The molecule has 0 saturated heterocycles. The van der Waals surface area contributed by atoms with Crippen molar-refractivity contribution < 1.29 is 4.79 Å². The van der Waals surface area contributed by atoms with E-state index in [1.165, 1.54) is 35.7 Å². The average Bonchev–Trinajstić information content (AvgIpc) is 2.74. The van der Waals surface area contributed by atoms with Gasteiger partial charge in [-0.3, -0.25) is 4.79 Å². The van der Waals surface area contributed by atoms with Gasteiger partial charge in [0.2, 0.25) is 0 Å². The molecule has 8 heteroatoms. The van der Waals surface area contributed by atoms with Gasteiger partial charge in [0.25, 0.3) is 5.91 Å². The molecule has 1 atom stereocenters. The Morgan fingerprint density at radius 3 is 2.32 bits per heavy atom. The van der Waals surface area contributed by atoms with Crippen LogP contribution in [0.1, 0.15) is 30.8 Å². The van der Waals surface area contributed by atoms with Crippen LogP contribution in [0.2, 0.25) is 0 Å². The van der Waals surface area contributed by atoms with E-state index in [9.17, 15) is 4.79 Å². The number of carbonyl (C=O) groups is 1. The predicted molar refractivity (Wildman–Crippen MR) is 90.4 cm³/mol. The molecule has 0 N–H and O–H groups in total. The summed E-state index contributed by atoms with van der Waals surface area (Å²) in [6.45, 7) is 4.17. The third-order valence-electron chi connectivity index (χ3n) is 2.45. The molecule has 1 aromatic rings. The van der Waals surface area contributed by atoms with E-state index < -0.39 is 0 Å². The zero-order chi connectivity index (χ0) is 14.6. The molecule has 0 aliphatic heterocycles. The molecule has 1 unspecified atom stereocenters. The van der Waals surface area contributed by atoms with Crippen LogP contribution in [0.4, 0.5) is 0 Å². The molecule has 0 aliphatic rings. The first-order valence-electron chi connectivity index (χ1n) is 5.65. The van der Waals surface area contributed by atoms with Crippen molar-refractivity contribution in [2.75, 3.05) is 18.8 Å². The van der Waals surface area contributed by atoms with Gasteiger partial charge in [0.15, 0.2) is 5.37 Å². The maximum atomic E-state index is 12.4. The fraction of sp³-hybridized carbons (Fsp3) is 0.636. The molecule has 19 heavy (non-hydrogen) atoms. The molecule has 1 heterocycles. The lowest BCUT2D eigenvalue weighted by Crippen LogP contribution is -2.26. The third kappa shape index (κ3) is 4.09.